The molecule has 83 heavy (non-hydrogen) atoms. The fourth-order valence-corrected chi connectivity index (χ4v) is 16.7. The van der Waals surface area contributed by atoms with Crippen molar-refractivity contribution in [1.82, 2.24) is 0 Å². The van der Waals surface area contributed by atoms with Crippen LogP contribution in [0.3, 0.4) is 0 Å². The number of Topliss-reactive ketones (excluding diaryl/α,β-unsaturated/α-hetero) is 1. The Hall–Kier alpha value is -1.05. The van der Waals surface area contributed by atoms with Gasteiger partial charge in [0.2, 0.25) is 10.4 Å². The van der Waals surface area contributed by atoms with Crippen LogP contribution in [0.25, 0.3) is 0 Å². The molecule has 0 radical (unpaired) electrons. The molecule has 470 valence electrons. The molecule has 11 N–H and O–H groups in total. The fraction of sp³-hybridized carbons (Fsp3) is 0.926. The normalized spacial score (nSPS) is 50.5. The summed E-state index contributed by atoms with van der Waals surface area (Å²) < 4.78 is 99.3. The van der Waals surface area contributed by atoms with Crippen molar-refractivity contribution in [3.8, 4) is 0 Å². The van der Waals surface area contributed by atoms with Crippen LogP contribution in [0.15, 0.2) is 11.6 Å². The van der Waals surface area contributed by atoms with E-state index >= 15 is 0 Å². The third-order valence-electron chi connectivity index (χ3n) is 20.7. The number of carbonyl (C=O) groups excluding carboxylic acids is 2. The van der Waals surface area contributed by atoms with Crippen LogP contribution >= 0.6 is 0 Å². The summed E-state index contributed by atoms with van der Waals surface area (Å²) in [4.78, 5) is 28.4. The van der Waals surface area contributed by atoms with Crippen LogP contribution in [0, 0.1) is 39.4 Å². The molecule has 5 saturated heterocycles. The van der Waals surface area contributed by atoms with E-state index in [-0.39, 0.29) is 60.2 Å². The Bertz CT molecular complexity index is 2470. The molecule has 5 aliphatic heterocycles. The number of hydrogen-bond acceptors (Lipinski definition) is 27. The first-order chi connectivity index (χ1) is 38.2. The molecule has 3 saturated carbocycles. The molecule has 0 unspecified atom stereocenters. The summed E-state index contributed by atoms with van der Waals surface area (Å²) in [6.45, 7) is 12.5. The first-order valence-corrected chi connectivity index (χ1v) is 29.8. The van der Waals surface area contributed by atoms with Crippen LogP contribution in [0.1, 0.15) is 107 Å². The number of aliphatic hydroxyl groups is 11. The number of rotatable bonds is 17. The number of methoxy groups -OCH3 is 1. The van der Waals surface area contributed by atoms with Gasteiger partial charge in [0.25, 0.3) is 0 Å². The number of hydrogen-bond donors (Lipinski definition) is 11. The number of esters is 1. The third-order valence-corrected chi connectivity index (χ3v) is 21.2. The second-order valence-electron chi connectivity index (χ2n) is 25.9. The first-order valence-electron chi connectivity index (χ1n) is 28.5. The van der Waals surface area contributed by atoms with Gasteiger partial charge >= 0.3 is 35.5 Å². The van der Waals surface area contributed by atoms with Gasteiger partial charge in [-0.15, -0.1) is 0 Å². The molecular formula is C54H85NaO27S. The average molecular weight is 1220 g/mol. The van der Waals surface area contributed by atoms with E-state index in [1.807, 2.05) is 34.6 Å². The van der Waals surface area contributed by atoms with E-state index < -0.39 is 204 Å². The number of carbonyl (C=O) groups is 2. The van der Waals surface area contributed by atoms with Gasteiger partial charge in [-0.3, -0.25) is 13.8 Å². The second kappa shape index (κ2) is 24.6. The predicted octanol–water partition coefficient (Wildman–Crippen LogP) is -5.55. The zero-order valence-corrected chi connectivity index (χ0v) is 51.4. The quantitative estimate of drug-likeness (QED) is 0.0162. The number of ether oxygens (including phenoxy) is 10. The van der Waals surface area contributed by atoms with Crippen LogP contribution in [-0.4, -0.2) is 248 Å². The maximum Gasteiger partial charge on any atom is 1.00 e. The van der Waals surface area contributed by atoms with Gasteiger partial charge in [-0.05, 0) is 92.8 Å². The number of allylic oxidation sites excluding steroid dienone is 1. The van der Waals surface area contributed by atoms with Gasteiger partial charge in [0.05, 0.1) is 38.1 Å². The minimum Gasteiger partial charge on any atom is -0.726 e. The maximum atomic E-state index is 14.5. The zero-order valence-electron chi connectivity index (χ0n) is 48.6. The predicted molar refractivity (Wildman–Crippen MR) is 272 cm³/mol. The van der Waals surface area contributed by atoms with E-state index in [1.54, 1.807) is 6.08 Å². The van der Waals surface area contributed by atoms with Crippen molar-refractivity contribution in [2.45, 2.75) is 247 Å². The number of ketones is 1. The minimum absolute atomic E-state index is 0. The molecule has 29 heteroatoms. The van der Waals surface area contributed by atoms with E-state index in [9.17, 15) is 78.7 Å². The summed E-state index contributed by atoms with van der Waals surface area (Å²) in [5.41, 5.74) is -7.15. The first kappa shape index (κ1) is 67.9. The van der Waals surface area contributed by atoms with Gasteiger partial charge in [-0.25, -0.2) is 8.42 Å². The number of aliphatic hydroxyl groups excluding tert-OH is 10. The maximum absolute atomic E-state index is 14.5. The molecule has 0 bridgehead atoms. The van der Waals surface area contributed by atoms with Gasteiger partial charge in [0.15, 0.2) is 36.5 Å². The SMILES string of the molecule is CO[C@@H]1[C@@H](O)[C@H](O[C@@H]2[C@@H](O)[C@H](O[C@H]3[C@H](O)[C@@H](O)[C@H](O[C@H]4[C@H](O[C@H]5CC[C@]6(C)C7=C[C@H](O)[C@]89C(=O)O[C@@](C)(C(=O)CCC(C)C)[C@@]8(O)CC[C@@]9(C)[C@@H]7CC[C@H]6C5(C)C)OC[C@@H](OS(=O)(=O)[O-])[C@@H]4O)O[C@@H]3C)O[C@H](CO)[C@H]2O)O[C@H](CO)[C@H]1O.[Na+]. The fourth-order valence-electron chi connectivity index (χ4n) is 16.2. The van der Waals surface area contributed by atoms with Crippen LogP contribution in [0.4, 0.5) is 0 Å². The van der Waals surface area contributed by atoms with Crippen molar-refractivity contribution < 1.29 is 160 Å². The summed E-state index contributed by atoms with van der Waals surface area (Å²) in [6, 6.07) is 0. The molecule has 0 aromatic carbocycles. The molecule has 9 rings (SSSR count). The van der Waals surface area contributed by atoms with Crippen molar-refractivity contribution in [3.63, 3.8) is 0 Å². The topological polar surface area (TPSA) is 415 Å². The smallest absolute Gasteiger partial charge is 0.726 e. The Kier molecular flexibility index (Phi) is 20.1. The Morgan fingerprint density at radius 2 is 1.31 bits per heavy atom. The van der Waals surface area contributed by atoms with Gasteiger partial charge in [0.1, 0.15) is 96.5 Å². The van der Waals surface area contributed by atoms with Gasteiger partial charge in [0, 0.05) is 13.5 Å². The van der Waals surface area contributed by atoms with Crippen LogP contribution in [-0.2, 0) is 71.5 Å². The van der Waals surface area contributed by atoms with Crippen molar-refractivity contribution in [1.29, 1.82) is 0 Å². The molecule has 28 atom stereocenters. The summed E-state index contributed by atoms with van der Waals surface area (Å²) >= 11 is 0. The minimum atomic E-state index is -5.45. The second-order valence-corrected chi connectivity index (χ2v) is 26.9. The monoisotopic (exact) mass is 1220 g/mol. The van der Waals surface area contributed by atoms with E-state index in [4.69, 9.17) is 47.4 Å². The van der Waals surface area contributed by atoms with Crippen LogP contribution < -0.4 is 29.6 Å². The van der Waals surface area contributed by atoms with Crippen molar-refractivity contribution >= 4 is 22.2 Å². The van der Waals surface area contributed by atoms with Gasteiger partial charge < -0.3 is 108 Å². The molecule has 27 nitrogen and oxygen atoms in total. The van der Waals surface area contributed by atoms with E-state index in [0.717, 1.165) is 5.57 Å². The average Bonchev–Trinajstić information content (AvgIpc) is 1.53. The molecule has 4 aliphatic carbocycles. The zero-order chi connectivity index (χ0) is 60.4. The molecule has 1 spiro atoms. The Labute approximate surface area is 504 Å². The molecule has 0 aromatic rings. The standard InChI is InChI=1S/C54H86O27S.Na/c1-22(2)10-13-30(57)52(8)53(67)17-16-51(7)24-11-12-29-49(4,5)32(14-15-50(29,6)25(24)18-31(58)54(51,53)48(66)80-52)76-47-43(35(61)28(21-72-47)81-82(68,69)70)79-44-37(63)36(62)40(23(3)73-44)77-46-39(65)42(34(60)27(20-56)75-46)78-45-38(64)41(71-9)33(59)26(19-55)74-45;/h18,22-24,26-29,31-47,55-56,58-65,67H,10-17,19-21H2,1-9H3,(H,68,69,70);/q;+1/p-1/t23-,24-,26-,27-,28-,29+,31+,32+,33-,34-,35+,36-,37-,38-,39-,40-,41+,42+,43-,44+,45+,46+,47+,50-,51+,52+,53+,54-;/m1./s1. The summed E-state index contributed by atoms with van der Waals surface area (Å²) in [5, 5.41) is 124. The van der Waals surface area contributed by atoms with Gasteiger partial charge in [-0.1, -0.05) is 53.2 Å². The summed E-state index contributed by atoms with van der Waals surface area (Å²) in [6.07, 6.45) is -30.3. The molecule has 8 fully saturated rings. The molecule has 0 aromatic heterocycles. The van der Waals surface area contributed by atoms with Crippen LogP contribution in [0.2, 0.25) is 0 Å². The Morgan fingerprint density at radius 1 is 0.735 bits per heavy atom. The van der Waals surface area contributed by atoms with Crippen LogP contribution in [0.5, 0.6) is 0 Å². The number of fused-ring (bicyclic) bond motifs is 4. The van der Waals surface area contributed by atoms with E-state index in [0.29, 0.717) is 38.5 Å². The number of cyclic esters (lactones) is 1. The third kappa shape index (κ3) is 11.0. The molecular weight excluding hydrogens is 1140 g/mol. The van der Waals surface area contributed by atoms with Crippen molar-refractivity contribution in [2.24, 2.45) is 39.4 Å². The Morgan fingerprint density at radius 3 is 1.90 bits per heavy atom. The van der Waals surface area contributed by atoms with Gasteiger partial charge in [-0.2, -0.15) is 0 Å². The molecule has 9 aliphatic rings. The van der Waals surface area contributed by atoms with E-state index in [1.165, 1.54) is 21.0 Å². The van der Waals surface area contributed by atoms with E-state index in [2.05, 4.69) is 11.1 Å². The molecule has 0 amide bonds. The largest absolute Gasteiger partial charge is 1.00 e. The van der Waals surface area contributed by atoms with Crippen molar-refractivity contribution in [2.75, 3.05) is 26.9 Å². The summed E-state index contributed by atoms with van der Waals surface area (Å²) in [5.74, 6) is -1.48. The Balaban J connectivity index is 0.00000900. The van der Waals surface area contributed by atoms with Crippen molar-refractivity contribution in [3.05, 3.63) is 11.6 Å². The molecule has 5 heterocycles. The summed E-state index contributed by atoms with van der Waals surface area (Å²) in [7, 11) is -4.28.